The van der Waals surface area contributed by atoms with Crippen molar-refractivity contribution < 1.29 is 0 Å². The lowest BCUT2D eigenvalue weighted by atomic mass is 10.0. The van der Waals surface area contributed by atoms with E-state index in [1.165, 1.54) is 29.5 Å². The van der Waals surface area contributed by atoms with Crippen molar-refractivity contribution in [2.45, 2.75) is 38.8 Å². The van der Waals surface area contributed by atoms with Gasteiger partial charge in [0, 0.05) is 18.3 Å². The van der Waals surface area contributed by atoms with Crippen LogP contribution in [-0.4, -0.2) is 9.97 Å². The van der Waals surface area contributed by atoms with Gasteiger partial charge in [-0.25, -0.2) is 4.98 Å². The van der Waals surface area contributed by atoms with Crippen molar-refractivity contribution in [3.8, 4) is 22.4 Å². The lowest BCUT2D eigenvalue weighted by Gasteiger charge is -2.16. The molecule has 0 aliphatic heterocycles. The molecule has 2 N–H and O–H groups in total. The van der Waals surface area contributed by atoms with Crippen LogP contribution < -0.4 is 5.32 Å². The maximum Gasteiger partial charge on any atom is 0.124 e. The summed E-state index contributed by atoms with van der Waals surface area (Å²) < 4.78 is 0. The number of H-pyrrole nitrogens is 1. The third-order valence-corrected chi connectivity index (χ3v) is 5.46. The molecule has 0 aliphatic carbocycles. The van der Waals surface area contributed by atoms with E-state index >= 15 is 0 Å². The normalized spacial score (nSPS) is 12.0. The van der Waals surface area contributed by atoms with Crippen molar-refractivity contribution >= 4 is 0 Å². The van der Waals surface area contributed by atoms with Crippen molar-refractivity contribution in [3.63, 3.8) is 0 Å². The number of hydrogen-bond acceptors (Lipinski definition) is 2. The second-order valence-electron chi connectivity index (χ2n) is 7.68. The van der Waals surface area contributed by atoms with Crippen LogP contribution in [0.3, 0.4) is 0 Å². The summed E-state index contributed by atoms with van der Waals surface area (Å²) in [7, 11) is 0. The molecular weight excluding hydrogens is 366 g/mol. The number of benzene rings is 3. The molecular formula is C27H29N3. The molecule has 0 unspecified atom stereocenters. The van der Waals surface area contributed by atoms with E-state index in [0.717, 1.165) is 30.0 Å². The number of nitrogens with one attached hydrogen (secondary N) is 2. The van der Waals surface area contributed by atoms with E-state index in [9.17, 15) is 0 Å². The average Bonchev–Trinajstić information content (AvgIpc) is 3.31. The van der Waals surface area contributed by atoms with Crippen molar-refractivity contribution in [3.05, 3.63) is 103 Å². The van der Waals surface area contributed by atoms with Gasteiger partial charge in [-0.1, -0.05) is 105 Å². The lowest BCUT2D eigenvalue weighted by Crippen LogP contribution is -2.22. The molecule has 0 spiro atoms. The van der Waals surface area contributed by atoms with Crippen LogP contribution in [0.15, 0.2) is 91.1 Å². The van der Waals surface area contributed by atoms with Gasteiger partial charge in [-0.2, -0.15) is 0 Å². The zero-order valence-corrected chi connectivity index (χ0v) is 17.5. The van der Waals surface area contributed by atoms with Crippen LogP contribution in [0.5, 0.6) is 0 Å². The maximum atomic E-state index is 4.93. The summed E-state index contributed by atoms with van der Waals surface area (Å²) >= 11 is 0. The molecule has 152 valence electrons. The van der Waals surface area contributed by atoms with Crippen molar-refractivity contribution in [1.29, 1.82) is 0 Å². The first-order valence-corrected chi connectivity index (χ1v) is 10.8. The first-order valence-electron chi connectivity index (χ1n) is 10.8. The molecule has 1 heterocycles. The molecule has 1 aromatic heterocycles. The van der Waals surface area contributed by atoms with Crippen LogP contribution in [0.2, 0.25) is 0 Å². The highest BCUT2D eigenvalue weighted by Gasteiger charge is 2.15. The Morgan fingerprint density at radius 3 is 2.13 bits per heavy atom. The van der Waals surface area contributed by atoms with Gasteiger partial charge in [-0.05, 0) is 23.1 Å². The summed E-state index contributed by atoms with van der Waals surface area (Å²) in [5.41, 5.74) is 5.88. The van der Waals surface area contributed by atoms with E-state index in [0.29, 0.717) is 0 Å². The molecule has 30 heavy (non-hydrogen) atoms. The van der Waals surface area contributed by atoms with Gasteiger partial charge < -0.3 is 10.3 Å². The Hall–Kier alpha value is -3.17. The van der Waals surface area contributed by atoms with Gasteiger partial charge in [0.25, 0.3) is 0 Å². The molecule has 4 rings (SSSR count). The highest BCUT2D eigenvalue weighted by molar-refractivity contribution is 5.68. The largest absolute Gasteiger partial charge is 0.347 e. The van der Waals surface area contributed by atoms with Gasteiger partial charge in [-0.15, -0.1) is 0 Å². The van der Waals surface area contributed by atoms with E-state index in [4.69, 9.17) is 4.98 Å². The summed E-state index contributed by atoms with van der Waals surface area (Å²) in [4.78, 5) is 8.35. The van der Waals surface area contributed by atoms with E-state index in [2.05, 4.69) is 96.1 Å². The average molecular weight is 396 g/mol. The summed E-state index contributed by atoms with van der Waals surface area (Å²) in [5, 5.41) is 3.69. The monoisotopic (exact) mass is 395 g/mol. The quantitative estimate of drug-likeness (QED) is 0.328. The molecule has 3 nitrogen and oxygen atoms in total. The highest BCUT2D eigenvalue weighted by Crippen LogP contribution is 2.26. The zero-order valence-electron chi connectivity index (χ0n) is 17.5. The number of rotatable bonds is 9. The third kappa shape index (κ3) is 5.05. The number of aromatic amines is 1. The summed E-state index contributed by atoms with van der Waals surface area (Å²) in [5.74, 6) is 1.02. The third-order valence-electron chi connectivity index (χ3n) is 5.46. The van der Waals surface area contributed by atoms with Crippen LogP contribution in [-0.2, 0) is 6.54 Å². The van der Waals surface area contributed by atoms with E-state index in [1.807, 2.05) is 12.3 Å². The fourth-order valence-corrected chi connectivity index (χ4v) is 3.71. The Kier molecular flexibility index (Phi) is 6.73. The Labute approximate surface area is 179 Å². The Bertz CT molecular complexity index is 1020. The number of imidazole rings is 1. The topological polar surface area (TPSA) is 40.7 Å². The van der Waals surface area contributed by atoms with E-state index < -0.39 is 0 Å². The SMILES string of the molecule is CCCC[C@@H](NCc1ccccc1)c1nc(-c2ccc(-c3ccccc3)cc2)c[nH]1. The molecule has 4 aromatic rings. The Morgan fingerprint density at radius 2 is 1.43 bits per heavy atom. The Morgan fingerprint density at radius 1 is 0.800 bits per heavy atom. The standard InChI is InChI=1S/C27H29N3/c1-2-3-14-25(28-19-21-10-6-4-7-11-21)27-29-20-26(30-27)24-17-15-23(16-18-24)22-12-8-5-9-13-22/h4-13,15-18,20,25,28H,2-3,14,19H2,1H3,(H,29,30)/t25-/m1/s1. The first-order chi connectivity index (χ1) is 14.8. The fourth-order valence-electron chi connectivity index (χ4n) is 3.71. The van der Waals surface area contributed by atoms with Gasteiger partial charge in [0.05, 0.1) is 11.7 Å². The number of nitrogens with zero attached hydrogens (tertiary/aromatic N) is 1. The highest BCUT2D eigenvalue weighted by atomic mass is 15.0. The van der Waals surface area contributed by atoms with Gasteiger partial charge in [-0.3, -0.25) is 0 Å². The molecule has 1 atom stereocenters. The van der Waals surface area contributed by atoms with Gasteiger partial charge in [0.2, 0.25) is 0 Å². The van der Waals surface area contributed by atoms with Crippen LogP contribution in [0.25, 0.3) is 22.4 Å². The lowest BCUT2D eigenvalue weighted by molar-refractivity contribution is 0.463. The predicted octanol–water partition coefficient (Wildman–Crippen LogP) is 6.76. The second kappa shape index (κ2) is 10.0. The number of aromatic nitrogens is 2. The fraction of sp³-hybridized carbons (Fsp3) is 0.222. The molecule has 0 saturated carbocycles. The number of unbranched alkanes of at least 4 members (excludes halogenated alkanes) is 1. The molecule has 3 heteroatoms. The van der Waals surface area contributed by atoms with Crippen molar-refractivity contribution in [2.75, 3.05) is 0 Å². The van der Waals surface area contributed by atoms with Crippen molar-refractivity contribution in [2.24, 2.45) is 0 Å². The van der Waals surface area contributed by atoms with Crippen LogP contribution in [0, 0.1) is 0 Å². The van der Waals surface area contributed by atoms with Gasteiger partial charge >= 0.3 is 0 Å². The smallest absolute Gasteiger partial charge is 0.124 e. The van der Waals surface area contributed by atoms with Crippen LogP contribution in [0.1, 0.15) is 43.6 Å². The maximum absolute atomic E-state index is 4.93. The first kappa shape index (κ1) is 20.1. The Balaban J connectivity index is 1.48. The minimum atomic E-state index is 0.225. The van der Waals surface area contributed by atoms with Crippen LogP contribution >= 0.6 is 0 Å². The summed E-state index contributed by atoms with van der Waals surface area (Å²) in [6.45, 7) is 3.08. The molecule has 3 aromatic carbocycles. The van der Waals surface area contributed by atoms with Crippen molar-refractivity contribution in [1.82, 2.24) is 15.3 Å². The number of hydrogen-bond donors (Lipinski definition) is 2. The summed E-state index contributed by atoms with van der Waals surface area (Å²) in [6.07, 6.45) is 5.45. The van der Waals surface area contributed by atoms with Gasteiger partial charge in [0.1, 0.15) is 5.82 Å². The zero-order chi connectivity index (χ0) is 20.6. The van der Waals surface area contributed by atoms with E-state index in [1.54, 1.807) is 0 Å². The van der Waals surface area contributed by atoms with E-state index in [-0.39, 0.29) is 6.04 Å². The molecule has 0 fully saturated rings. The molecule has 0 bridgehead atoms. The van der Waals surface area contributed by atoms with Crippen LogP contribution in [0.4, 0.5) is 0 Å². The molecule has 0 aliphatic rings. The minimum absolute atomic E-state index is 0.225. The summed E-state index contributed by atoms with van der Waals surface area (Å²) in [6, 6.07) is 29.9. The molecule has 0 saturated heterocycles. The second-order valence-corrected chi connectivity index (χ2v) is 7.68. The molecule has 0 amide bonds. The molecule has 0 radical (unpaired) electrons. The van der Waals surface area contributed by atoms with Gasteiger partial charge in [0.15, 0.2) is 0 Å². The predicted molar refractivity (Wildman–Crippen MR) is 125 cm³/mol. The minimum Gasteiger partial charge on any atom is -0.347 e.